The fourth-order valence-corrected chi connectivity index (χ4v) is 3.15. The lowest BCUT2D eigenvalue weighted by molar-refractivity contribution is -0.137. The summed E-state index contributed by atoms with van der Waals surface area (Å²) in [5.74, 6) is 0.0759. The number of nitrogens with zero attached hydrogens (tertiary/aromatic N) is 1. The number of aliphatic carboxylic acids is 1. The van der Waals surface area contributed by atoms with Crippen LogP contribution in [0.3, 0.4) is 0 Å². The summed E-state index contributed by atoms with van der Waals surface area (Å²) in [6, 6.07) is 9.91. The van der Waals surface area contributed by atoms with Crippen molar-refractivity contribution in [2.24, 2.45) is 5.92 Å². The first-order chi connectivity index (χ1) is 9.09. The van der Waals surface area contributed by atoms with Gasteiger partial charge in [0.2, 0.25) is 0 Å². The van der Waals surface area contributed by atoms with E-state index in [-0.39, 0.29) is 11.2 Å². The van der Waals surface area contributed by atoms with Crippen molar-refractivity contribution in [3.05, 3.63) is 42.1 Å². The molecular formula is C15H17NO2S. The van der Waals surface area contributed by atoms with Gasteiger partial charge in [-0.15, -0.1) is 11.8 Å². The maximum absolute atomic E-state index is 11.2. The van der Waals surface area contributed by atoms with Gasteiger partial charge in [-0.05, 0) is 23.6 Å². The molecule has 1 unspecified atom stereocenters. The fraction of sp³-hybridized carbons (Fsp3) is 0.333. The molecule has 1 aromatic heterocycles. The summed E-state index contributed by atoms with van der Waals surface area (Å²) in [4.78, 5) is 15.5. The van der Waals surface area contributed by atoms with Crippen LogP contribution in [0.15, 0.2) is 36.5 Å². The molecule has 1 N–H and O–H groups in total. The second kappa shape index (κ2) is 6.06. The van der Waals surface area contributed by atoms with Crippen LogP contribution < -0.4 is 0 Å². The Hall–Kier alpha value is -1.55. The first-order valence-corrected chi connectivity index (χ1v) is 7.31. The fourth-order valence-electron chi connectivity index (χ4n) is 2.01. The van der Waals surface area contributed by atoms with Crippen molar-refractivity contribution in [1.29, 1.82) is 0 Å². The molecule has 0 aliphatic carbocycles. The van der Waals surface area contributed by atoms with E-state index in [0.29, 0.717) is 5.75 Å². The number of pyridine rings is 1. The average Bonchev–Trinajstić information content (AvgIpc) is 2.38. The Morgan fingerprint density at radius 3 is 2.74 bits per heavy atom. The van der Waals surface area contributed by atoms with E-state index < -0.39 is 5.97 Å². The largest absolute Gasteiger partial charge is 0.480 e. The highest BCUT2D eigenvalue weighted by atomic mass is 32.2. The molecular weight excluding hydrogens is 258 g/mol. The van der Waals surface area contributed by atoms with Gasteiger partial charge in [-0.2, -0.15) is 0 Å². The third-order valence-electron chi connectivity index (χ3n) is 3.01. The second-order valence-corrected chi connectivity index (χ2v) is 5.93. The summed E-state index contributed by atoms with van der Waals surface area (Å²) < 4.78 is 0. The number of carbonyl (C=O) groups is 1. The quantitative estimate of drug-likeness (QED) is 0.906. The normalized spacial score (nSPS) is 12.8. The van der Waals surface area contributed by atoms with Crippen molar-refractivity contribution in [3.63, 3.8) is 0 Å². The number of thioether (sulfide) groups is 1. The van der Waals surface area contributed by atoms with Gasteiger partial charge >= 0.3 is 5.97 Å². The van der Waals surface area contributed by atoms with Crippen LogP contribution >= 0.6 is 11.8 Å². The number of para-hydroxylation sites is 1. The second-order valence-electron chi connectivity index (χ2n) is 4.80. The maximum Gasteiger partial charge on any atom is 0.316 e. The van der Waals surface area contributed by atoms with Crippen LogP contribution in [0.4, 0.5) is 0 Å². The third kappa shape index (κ3) is 3.26. The van der Waals surface area contributed by atoms with Gasteiger partial charge in [0.05, 0.1) is 5.52 Å². The van der Waals surface area contributed by atoms with Gasteiger partial charge in [0.15, 0.2) is 0 Å². The van der Waals surface area contributed by atoms with Crippen molar-refractivity contribution in [2.45, 2.75) is 24.9 Å². The SMILES string of the molecule is CC(C)C(SCc1ccnc2ccccc12)C(=O)O. The van der Waals surface area contributed by atoms with Crippen LogP contribution in [-0.2, 0) is 10.5 Å². The van der Waals surface area contributed by atoms with Gasteiger partial charge in [-0.25, -0.2) is 0 Å². The molecule has 0 saturated heterocycles. The van der Waals surface area contributed by atoms with Gasteiger partial charge in [0.25, 0.3) is 0 Å². The van der Waals surface area contributed by atoms with Gasteiger partial charge in [-0.3, -0.25) is 9.78 Å². The molecule has 0 radical (unpaired) electrons. The molecule has 0 spiro atoms. The highest BCUT2D eigenvalue weighted by Crippen LogP contribution is 2.27. The topological polar surface area (TPSA) is 50.2 Å². The number of rotatable bonds is 5. The summed E-state index contributed by atoms with van der Waals surface area (Å²) in [7, 11) is 0. The monoisotopic (exact) mass is 275 g/mol. The highest BCUT2D eigenvalue weighted by Gasteiger charge is 2.21. The van der Waals surface area contributed by atoms with E-state index in [1.807, 2.05) is 44.2 Å². The Kier molecular flexibility index (Phi) is 4.43. The van der Waals surface area contributed by atoms with Crippen molar-refractivity contribution < 1.29 is 9.90 Å². The molecule has 0 aliphatic rings. The number of carboxylic acid groups (broad SMARTS) is 1. The molecule has 0 aliphatic heterocycles. The Balaban J connectivity index is 2.20. The van der Waals surface area contributed by atoms with Gasteiger partial charge in [0, 0.05) is 17.3 Å². The molecule has 0 saturated carbocycles. The van der Waals surface area contributed by atoms with Crippen molar-refractivity contribution in [2.75, 3.05) is 0 Å². The Morgan fingerprint density at radius 2 is 2.05 bits per heavy atom. The standard InChI is InChI=1S/C15H17NO2S/c1-10(2)14(15(17)18)19-9-11-7-8-16-13-6-4-3-5-12(11)13/h3-8,10,14H,9H2,1-2H3,(H,17,18). The molecule has 19 heavy (non-hydrogen) atoms. The highest BCUT2D eigenvalue weighted by molar-refractivity contribution is 7.99. The van der Waals surface area contributed by atoms with Crippen molar-refractivity contribution in [3.8, 4) is 0 Å². The van der Waals surface area contributed by atoms with Crippen molar-refractivity contribution >= 4 is 28.6 Å². The van der Waals surface area contributed by atoms with Crippen LogP contribution in [0.1, 0.15) is 19.4 Å². The van der Waals surface area contributed by atoms with Gasteiger partial charge in [-0.1, -0.05) is 32.0 Å². The average molecular weight is 275 g/mol. The summed E-state index contributed by atoms with van der Waals surface area (Å²) in [6.07, 6.45) is 1.78. The zero-order valence-electron chi connectivity index (χ0n) is 11.0. The molecule has 0 bridgehead atoms. The van der Waals surface area contributed by atoms with Crippen LogP contribution in [0.25, 0.3) is 10.9 Å². The van der Waals surface area contributed by atoms with E-state index in [1.54, 1.807) is 6.20 Å². The van der Waals surface area contributed by atoms with Gasteiger partial charge < -0.3 is 5.11 Å². The van der Waals surface area contributed by atoms with Crippen LogP contribution in [0.5, 0.6) is 0 Å². The van der Waals surface area contributed by atoms with E-state index >= 15 is 0 Å². The molecule has 2 rings (SSSR count). The molecule has 1 heterocycles. The van der Waals surface area contributed by atoms with E-state index in [9.17, 15) is 9.90 Å². The summed E-state index contributed by atoms with van der Waals surface area (Å²) >= 11 is 1.48. The predicted molar refractivity (Wildman–Crippen MR) is 79.3 cm³/mol. The lowest BCUT2D eigenvalue weighted by atomic mass is 10.1. The lowest BCUT2D eigenvalue weighted by Gasteiger charge is -2.16. The van der Waals surface area contributed by atoms with Crippen LogP contribution in [0, 0.1) is 5.92 Å². The minimum Gasteiger partial charge on any atom is -0.480 e. The molecule has 100 valence electrons. The van der Waals surface area contributed by atoms with E-state index in [2.05, 4.69) is 4.98 Å². The third-order valence-corrected chi connectivity index (χ3v) is 4.59. The Labute approximate surface area is 117 Å². The molecule has 3 nitrogen and oxygen atoms in total. The maximum atomic E-state index is 11.2. The molecule has 0 fully saturated rings. The Morgan fingerprint density at radius 1 is 1.32 bits per heavy atom. The number of hydrogen-bond donors (Lipinski definition) is 1. The summed E-state index contributed by atoms with van der Waals surface area (Å²) in [6.45, 7) is 3.88. The van der Waals surface area contributed by atoms with Gasteiger partial charge in [0.1, 0.15) is 5.25 Å². The summed E-state index contributed by atoms with van der Waals surface area (Å²) in [5.41, 5.74) is 2.10. The first-order valence-electron chi connectivity index (χ1n) is 6.26. The molecule has 1 atom stereocenters. The van der Waals surface area contributed by atoms with E-state index in [1.165, 1.54) is 11.8 Å². The van der Waals surface area contributed by atoms with Crippen LogP contribution in [0.2, 0.25) is 0 Å². The van der Waals surface area contributed by atoms with E-state index in [4.69, 9.17) is 0 Å². The number of hydrogen-bond acceptors (Lipinski definition) is 3. The first kappa shape index (κ1) is 13.9. The minimum absolute atomic E-state index is 0.121. The lowest BCUT2D eigenvalue weighted by Crippen LogP contribution is -2.22. The predicted octanol–water partition coefficient (Wildman–Crippen LogP) is 3.58. The zero-order chi connectivity index (χ0) is 13.8. The number of aromatic nitrogens is 1. The van der Waals surface area contributed by atoms with Crippen LogP contribution in [-0.4, -0.2) is 21.3 Å². The molecule has 0 amide bonds. The molecule has 4 heteroatoms. The zero-order valence-corrected chi connectivity index (χ0v) is 11.9. The Bertz CT molecular complexity index is 578. The number of carboxylic acids is 1. The minimum atomic E-state index is -0.738. The van der Waals surface area contributed by atoms with E-state index in [0.717, 1.165) is 16.5 Å². The van der Waals surface area contributed by atoms with Crippen molar-refractivity contribution in [1.82, 2.24) is 4.98 Å². The molecule has 1 aromatic carbocycles. The number of benzene rings is 1. The smallest absolute Gasteiger partial charge is 0.316 e. The summed E-state index contributed by atoms with van der Waals surface area (Å²) in [5, 5.41) is 9.94. The molecule has 2 aromatic rings. The number of fused-ring (bicyclic) bond motifs is 1.